The number of nitrogens with zero attached hydrogens (tertiary/aromatic N) is 3. The van der Waals surface area contributed by atoms with Gasteiger partial charge in [0.15, 0.2) is 5.03 Å². The second-order valence-corrected chi connectivity index (χ2v) is 9.20. The lowest BCUT2D eigenvalue weighted by Crippen LogP contribution is -2.13. The first-order valence-electron chi connectivity index (χ1n) is 8.46. The van der Waals surface area contributed by atoms with E-state index in [9.17, 15) is 8.42 Å². The average Bonchev–Trinajstić information content (AvgIpc) is 3.39. The minimum absolute atomic E-state index is 0.0225. The number of fused-ring (bicyclic) bond motifs is 2. The van der Waals surface area contributed by atoms with E-state index in [-0.39, 0.29) is 5.03 Å². The number of aromatic amines is 1. The number of nitrogens with one attached hydrogen (secondary N) is 2. The molecule has 140 valence electrons. The van der Waals surface area contributed by atoms with E-state index < -0.39 is 10.0 Å². The fourth-order valence-corrected chi connectivity index (χ4v) is 5.27. The van der Waals surface area contributed by atoms with Crippen LogP contribution in [-0.4, -0.2) is 28.2 Å². The third-order valence-electron chi connectivity index (χ3n) is 4.45. The van der Waals surface area contributed by atoms with Gasteiger partial charge >= 0.3 is 0 Å². The van der Waals surface area contributed by atoms with Crippen LogP contribution in [0.25, 0.3) is 31.4 Å². The zero-order valence-electron chi connectivity index (χ0n) is 14.7. The smallest absolute Gasteiger partial charge is 0.280 e. The fourth-order valence-electron chi connectivity index (χ4n) is 3.16. The minimum Gasteiger partial charge on any atom is -0.339 e. The summed E-state index contributed by atoms with van der Waals surface area (Å²) in [5.74, 6) is 0. The molecule has 3 heterocycles. The fraction of sp³-hybridized carbons (Fsp3) is 0.0526. The summed E-state index contributed by atoms with van der Waals surface area (Å²) < 4.78 is 30.7. The van der Waals surface area contributed by atoms with Crippen LogP contribution in [0.2, 0.25) is 0 Å². The Hall–Kier alpha value is -3.17. The van der Waals surface area contributed by atoms with Crippen LogP contribution in [-0.2, 0) is 17.1 Å². The Balaban J connectivity index is 1.63. The maximum atomic E-state index is 12.7. The van der Waals surface area contributed by atoms with Gasteiger partial charge in [-0.25, -0.2) is 4.98 Å². The third-order valence-corrected chi connectivity index (χ3v) is 6.86. The number of anilines is 1. The Morgan fingerprint density at radius 3 is 2.79 bits per heavy atom. The van der Waals surface area contributed by atoms with Gasteiger partial charge in [0.25, 0.3) is 10.0 Å². The summed E-state index contributed by atoms with van der Waals surface area (Å²) in [6, 6.07) is 13.8. The average molecular weight is 409 g/mol. The molecule has 9 heteroatoms. The highest BCUT2D eigenvalue weighted by Crippen LogP contribution is 2.38. The van der Waals surface area contributed by atoms with Crippen molar-refractivity contribution in [1.82, 2.24) is 19.7 Å². The van der Waals surface area contributed by atoms with Gasteiger partial charge in [0.1, 0.15) is 0 Å². The first-order valence-corrected chi connectivity index (χ1v) is 10.8. The Morgan fingerprint density at radius 1 is 1.14 bits per heavy atom. The van der Waals surface area contributed by atoms with Gasteiger partial charge in [-0.2, -0.15) is 13.5 Å². The van der Waals surface area contributed by atoms with Gasteiger partial charge in [-0.15, -0.1) is 11.3 Å². The number of benzene rings is 2. The molecule has 2 aromatic carbocycles. The molecule has 0 atom stereocenters. The quantitative estimate of drug-likeness (QED) is 0.470. The van der Waals surface area contributed by atoms with Crippen molar-refractivity contribution in [2.24, 2.45) is 7.05 Å². The number of H-pyrrole nitrogens is 1. The molecular weight excluding hydrogens is 394 g/mol. The van der Waals surface area contributed by atoms with Gasteiger partial charge in [0, 0.05) is 33.8 Å². The number of aromatic nitrogens is 4. The van der Waals surface area contributed by atoms with Crippen molar-refractivity contribution in [3.8, 4) is 10.4 Å². The molecule has 0 unspecified atom stereocenters. The van der Waals surface area contributed by atoms with E-state index in [1.54, 1.807) is 35.2 Å². The van der Waals surface area contributed by atoms with Crippen LogP contribution in [0.4, 0.5) is 5.69 Å². The van der Waals surface area contributed by atoms with Crippen LogP contribution in [0.3, 0.4) is 0 Å². The van der Waals surface area contributed by atoms with E-state index in [0.29, 0.717) is 5.69 Å². The number of sulfonamides is 1. The molecule has 0 saturated carbocycles. The van der Waals surface area contributed by atoms with Crippen molar-refractivity contribution < 1.29 is 8.42 Å². The zero-order valence-corrected chi connectivity index (χ0v) is 16.4. The highest BCUT2D eigenvalue weighted by molar-refractivity contribution is 7.92. The largest absolute Gasteiger partial charge is 0.339 e. The van der Waals surface area contributed by atoms with E-state index in [4.69, 9.17) is 0 Å². The summed E-state index contributed by atoms with van der Waals surface area (Å²) in [4.78, 5) is 4.98. The van der Waals surface area contributed by atoms with Gasteiger partial charge in [-0.05, 0) is 29.7 Å². The van der Waals surface area contributed by atoms with Crippen LogP contribution >= 0.6 is 11.3 Å². The second-order valence-electron chi connectivity index (χ2n) is 6.49. The van der Waals surface area contributed by atoms with Crippen molar-refractivity contribution >= 4 is 48.0 Å². The Kier molecular flexibility index (Phi) is 3.74. The van der Waals surface area contributed by atoms with Crippen LogP contribution in [0.5, 0.6) is 0 Å². The maximum absolute atomic E-state index is 12.7. The number of rotatable bonds is 4. The normalized spacial score (nSPS) is 12.0. The summed E-state index contributed by atoms with van der Waals surface area (Å²) in [5.41, 5.74) is 2.23. The Bertz CT molecular complexity index is 1400. The standard InChI is InChI=1S/C19H15N5O2S2/c1-24-10-18(20-11-24)28(25,26)23-14-6-13-9-21-22-19(13)15(8-14)17-7-12-4-2-3-5-16(12)27-17/h2-11,23H,1H3,(H,21,22). The lowest BCUT2D eigenvalue weighted by molar-refractivity contribution is 0.598. The molecule has 0 aliphatic rings. The SMILES string of the molecule is Cn1cnc(S(=O)(=O)Nc2cc(-c3cc4ccccc4s3)c3[nH]ncc3c2)c1. The molecule has 0 amide bonds. The Morgan fingerprint density at radius 2 is 2.00 bits per heavy atom. The van der Waals surface area contributed by atoms with Crippen LogP contribution in [0, 0.1) is 0 Å². The molecule has 5 rings (SSSR count). The van der Waals surface area contributed by atoms with E-state index in [1.807, 2.05) is 18.2 Å². The zero-order chi connectivity index (χ0) is 19.3. The summed E-state index contributed by atoms with van der Waals surface area (Å²) in [6.07, 6.45) is 4.60. The molecule has 7 nitrogen and oxygen atoms in total. The maximum Gasteiger partial charge on any atom is 0.280 e. The van der Waals surface area contributed by atoms with E-state index in [0.717, 1.165) is 26.7 Å². The lowest BCUT2D eigenvalue weighted by Gasteiger charge is -2.08. The first kappa shape index (κ1) is 17.0. The highest BCUT2D eigenvalue weighted by Gasteiger charge is 2.19. The van der Waals surface area contributed by atoms with Crippen LogP contribution < -0.4 is 4.72 Å². The van der Waals surface area contributed by atoms with Crippen molar-refractivity contribution in [2.45, 2.75) is 5.03 Å². The minimum atomic E-state index is -3.78. The highest BCUT2D eigenvalue weighted by atomic mass is 32.2. The molecule has 3 aromatic heterocycles. The predicted molar refractivity (Wildman–Crippen MR) is 111 cm³/mol. The number of thiophene rings is 1. The molecule has 0 saturated heterocycles. The molecule has 0 aliphatic carbocycles. The second kappa shape index (κ2) is 6.18. The molecule has 0 aliphatic heterocycles. The third kappa shape index (κ3) is 2.85. The Labute approximate surface area is 164 Å². The van der Waals surface area contributed by atoms with E-state index >= 15 is 0 Å². The van der Waals surface area contributed by atoms with Gasteiger partial charge in [0.05, 0.1) is 23.7 Å². The molecular formula is C19H15N5O2S2. The number of aryl methyl sites for hydroxylation is 1. The van der Waals surface area contributed by atoms with Crippen molar-refractivity contribution in [1.29, 1.82) is 0 Å². The number of hydrogen-bond donors (Lipinski definition) is 2. The molecule has 28 heavy (non-hydrogen) atoms. The summed E-state index contributed by atoms with van der Waals surface area (Å²) in [5, 5.41) is 9.10. The van der Waals surface area contributed by atoms with Gasteiger partial charge in [-0.3, -0.25) is 9.82 Å². The molecule has 5 aromatic rings. The molecule has 0 fully saturated rings. The topological polar surface area (TPSA) is 92.7 Å². The molecule has 0 bridgehead atoms. The van der Waals surface area contributed by atoms with E-state index in [1.165, 1.54) is 17.2 Å². The summed E-state index contributed by atoms with van der Waals surface area (Å²) >= 11 is 1.65. The van der Waals surface area contributed by atoms with Crippen molar-refractivity contribution in [3.05, 3.63) is 61.2 Å². The number of hydrogen-bond acceptors (Lipinski definition) is 5. The van der Waals surface area contributed by atoms with Crippen LogP contribution in [0.15, 0.2) is 66.2 Å². The molecule has 0 radical (unpaired) electrons. The van der Waals surface area contributed by atoms with Gasteiger partial charge in [0.2, 0.25) is 0 Å². The molecule has 0 spiro atoms. The monoisotopic (exact) mass is 409 g/mol. The van der Waals surface area contributed by atoms with E-state index in [2.05, 4.69) is 38.1 Å². The van der Waals surface area contributed by atoms with Gasteiger partial charge < -0.3 is 4.57 Å². The van der Waals surface area contributed by atoms with Crippen LogP contribution in [0.1, 0.15) is 0 Å². The summed E-state index contributed by atoms with van der Waals surface area (Å²) in [7, 11) is -2.05. The first-order chi connectivity index (χ1) is 13.5. The predicted octanol–water partition coefficient (Wildman–Crippen LogP) is 3.98. The van der Waals surface area contributed by atoms with Crippen molar-refractivity contribution in [2.75, 3.05) is 4.72 Å². The number of imidazole rings is 1. The summed E-state index contributed by atoms with van der Waals surface area (Å²) in [6.45, 7) is 0. The van der Waals surface area contributed by atoms with Crippen molar-refractivity contribution in [3.63, 3.8) is 0 Å². The van der Waals surface area contributed by atoms with Gasteiger partial charge in [-0.1, -0.05) is 18.2 Å². The lowest BCUT2D eigenvalue weighted by atomic mass is 10.1. The molecule has 2 N–H and O–H groups in total.